The van der Waals surface area contributed by atoms with E-state index >= 15 is 0 Å². The fourth-order valence-electron chi connectivity index (χ4n) is 3.36. The molecule has 25 heavy (non-hydrogen) atoms. The highest BCUT2D eigenvalue weighted by Crippen LogP contribution is 2.17. The molecule has 1 saturated carbocycles. The number of hydrogen-bond donors (Lipinski definition) is 2. The Hall–Kier alpha value is -2.38. The molecule has 1 aromatic heterocycles. The van der Waals surface area contributed by atoms with Crippen molar-refractivity contribution in [1.29, 1.82) is 0 Å². The summed E-state index contributed by atoms with van der Waals surface area (Å²) in [7, 11) is 0. The maximum atomic E-state index is 12.3. The molecule has 136 valence electrons. The molecular formula is C17H26N6O2. The molecular weight excluding hydrogens is 320 g/mol. The molecule has 8 nitrogen and oxygen atoms in total. The molecule has 0 bridgehead atoms. The Kier molecular flexibility index (Phi) is 6.03. The lowest BCUT2D eigenvalue weighted by atomic mass is 9.96. The highest BCUT2D eigenvalue weighted by molar-refractivity contribution is 5.84. The third-order valence-electron chi connectivity index (χ3n) is 4.81. The van der Waals surface area contributed by atoms with E-state index in [1.165, 1.54) is 19.3 Å². The lowest BCUT2D eigenvalue weighted by Gasteiger charge is -2.34. The minimum atomic E-state index is -0.239. The van der Waals surface area contributed by atoms with Gasteiger partial charge in [0.2, 0.25) is 11.9 Å². The van der Waals surface area contributed by atoms with E-state index in [2.05, 4.69) is 25.5 Å². The van der Waals surface area contributed by atoms with Gasteiger partial charge in [0.25, 0.3) is 0 Å². The second-order valence-corrected chi connectivity index (χ2v) is 6.58. The number of anilines is 1. The third kappa shape index (κ3) is 5.04. The normalized spacial score (nSPS) is 18.7. The number of carbonyl (C=O) groups excluding carboxylic acids is 2. The maximum absolute atomic E-state index is 12.3. The lowest BCUT2D eigenvalue weighted by molar-refractivity contribution is -0.130. The average molecular weight is 346 g/mol. The maximum Gasteiger partial charge on any atom is 0.315 e. The van der Waals surface area contributed by atoms with Crippen molar-refractivity contribution < 1.29 is 9.59 Å². The minimum Gasteiger partial charge on any atom is -0.338 e. The number of nitrogens with one attached hydrogen (secondary N) is 2. The summed E-state index contributed by atoms with van der Waals surface area (Å²) in [5, 5.41) is 5.65. The van der Waals surface area contributed by atoms with Crippen LogP contribution in [0.3, 0.4) is 0 Å². The second-order valence-electron chi connectivity index (χ2n) is 6.58. The highest BCUT2D eigenvalue weighted by atomic mass is 16.2. The van der Waals surface area contributed by atoms with Gasteiger partial charge in [-0.1, -0.05) is 19.3 Å². The number of aromatic nitrogens is 2. The molecule has 2 aliphatic rings. The molecule has 0 spiro atoms. The van der Waals surface area contributed by atoms with Crippen molar-refractivity contribution in [2.24, 2.45) is 0 Å². The van der Waals surface area contributed by atoms with E-state index < -0.39 is 0 Å². The molecule has 3 amide bonds. The van der Waals surface area contributed by atoms with Crippen LogP contribution in [-0.2, 0) is 4.79 Å². The molecule has 2 N–H and O–H groups in total. The van der Waals surface area contributed by atoms with Gasteiger partial charge in [-0.25, -0.2) is 14.8 Å². The summed E-state index contributed by atoms with van der Waals surface area (Å²) in [5.41, 5.74) is 0. The van der Waals surface area contributed by atoms with E-state index in [-0.39, 0.29) is 24.5 Å². The van der Waals surface area contributed by atoms with Crippen molar-refractivity contribution in [2.45, 2.75) is 38.1 Å². The van der Waals surface area contributed by atoms with E-state index in [9.17, 15) is 9.59 Å². The summed E-state index contributed by atoms with van der Waals surface area (Å²) in [5.74, 6) is 0.645. The van der Waals surface area contributed by atoms with Crippen molar-refractivity contribution in [3.8, 4) is 0 Å². The molecule has 8 heteroatoms. The lowest BCUT2D eigenvalue weighted by Crippen LogP contribution is -2.52. The van der Waals surface area contributed by atoms with Gasteiger partial charge in [-0.15, -0.1) is 0 Å². The third-order valence-corrected chi connectivity index (χ3v) is 4.81. The van der Waals surface area contributed by atoms with Crippen LogP contribution in [0.1, 0.15) is 32.1 Å². The van der Waals surface area contributed by atoms with Gasteiger partial charge in [-0.2, -0.15) is 0 Å². The standard InChI is InChI=1S/C17H26N6O2/c24-15(13-20-17(25)21-14-5-2-1-3-6-14)22-9-11-23(12-10-22)16-18-7-4-8-19-16/h4,7-8,14H,1-3,5-6,9-13H2,(H2,20,21,25). The Morgan fingerprint density at radius 3 is 2.40 bits per heavy atom. The van der Waals surface area contributed by atoms with Gasteiger partial charge < -0.3 is 20.4 Å². The summed E-state index contributed by atoms with van der Waals surface area (Å²) in [4.78, 5) is 36.5. The van der Waals surface area contributed by atoms with E-state index in [1.807, 2.05) is 0 Å². The van der Waals surface area contributed by atoms with Crippen LogP contribution < -0.4 is 15.5 Å². The van der Waals surface area contributed by atoms with Crippen LogP contribution in [0, 0.1) is 0 Å². The Labute approximate surface area is 148 Å². The zero-order valence-corrected chi connectivity index (χ0v) is 14.5. The molecule has 1 aliphatic heterocycles. The van der Waals surface area contributed by atoms with E-state index in [0.29, 0.717) is 32.1 Å². The molecule has 2 heterocycles. The number of carbonyl (C=O) groups is 2. The zero-order valence-electron chi connectivity index (χ0n) is 14.5. The SMILES string of the molecule is O=C(NCC(=O)N1CCN(c2ncccn2)CC1)NC1CCCCC1. The summed E-state index contributed by atoms with van der Waals surface area (Å²) < 4.78 is 0. The molecule has 0 atom stereocenters. The first-order valence-corrected chi connectivity index (χ1v) is 9.06. The van der Waals surface area contributed by atoms with Gasteiger partial charge in [0.05, 0.1) is 6.54 Å². The summed E-state index contributed by atoms with van der Waals surface area (Å²) >= 11 is 0. The van der Waals surface area contributed by atoms with Gasteiger partial charge in [-0.3, -0.25) is 4.79 Å². The molecule has 1 aromatic rings. The molecule has 1 saturated heterocycles. The van der Waals surface area contributed by atoms with Gasteiger partial charge in [0.15, 0.2) is 0 Å². The van der Waals surface area contributed by atoms with Crippen LogP contribution in [0.15, 0.2) is 18.5 Å². The van der Waals surface area contributed by atoms with Gasteiger partial charge in [0, 0.05) is 44.6 Å². The molecule has 2 fully saturated rings. The number of hydrogen-bond acceptors (Lipinski definition) is 5. The van der Waals surface area contributed by atoms with Crippen molar-refractivity contribution in [3.63, 3.8) is 0 Å². The van der Waals surface area contributed by atoms with Crippen molar-refractivity contribution in [3.05, 3.63) is 18.5 Å². The zero-order chi connectivity index (χ0) is 17.5. The first kappa shape index (κ1) is 17.4. The summed E-state index contributed by atoms with van der Waals surface area (Å²) in [6, 6.07) is 1.79. The molecule has 0 aromatic carbocycles. The van der Waals surface area contributed by atoms with Gasteiger partial charge in [0.1, 0.15) is 0 Å². The fourth-order valence-corrected chi connectivity index (χ4v) is 3.36. The molecule has 1 aliphatic carbocycles. The molecule has 3 rings (SSSR count). The van der Waals surface area contributed by atoms with Gasteiger partial charge in [-0.05, 0) is 18.9 Å². The van der Waals surface area contributed by atoms with E-state index in [1.54, 1.807) is 23.4 Å². The summed E-state index contributed by atoms with van der Waals surface area (Å²) in [6.07, 6.45) is 9.08. The first-order chi connectivity index (χ1) is 12.2. The Balaban J connectivity index is 1.37. The smallest absolute Gasteiger partial charge is 0.315 e. The first-order valence-electron chi connectivity index (χ1n) is 9.06. The molecule has 0 radical (unpaired) electrons. The van der Waals surface area contributed by atoms with Crippen molar-refractivity contribution in [2.75, 3.05) is 37.6 Å². The predicted molar refractivity (Wildman–Crippen MR) is 94.2 cm³/mol. The van der Waals surface area contributed by atoms with Crippen LogP contribution in [0.2, 0.25) is 0 Å². The Bertz CT molecular complexity index is 568. The average Bonchev–Trinajstić information content (AvgIpc) is 2.68. The van der Waals surface area contributed by atoms with E-state index in [0.717, 1.165) is 12.8 Å². The van der Waals surface area contributed by atoms with E-state index in [4.69, 9.17) is 0 Å². The number of piperazine rings is 1. The Morgan fingerprint density at radius 2 is 1.72 bits per heavy atom. The van der Waals surface area contributed by atoms with Crippen LogP contribution in [0.25, 0.3) is 0 Å². The van der Waals surface area contributed by atoms with Crippen molar-refractivity contribution >= 4 is 17.9 Å². The number of nitrogens with zero attached hydrogens (tertiary/aromatic N) is 4. The summed E-state index contributed by atoms with van der Waals surface area (Å²) in [6.45, 7) is 2.67. The second kappa shape index (κ2) is 8.64. The number of urea groups is 1. The van der Waals surface area contributed by atoms with Crippen LogP contribution in [-0.4, -0.2) is 65.6 Å². The quantitative estimate of drug-likeness (QED) is 0.840. The van der Waals surface area contributed by atoms with Gasteiger partial charge >= 0.3 is 6.03 Å². The van der Waals surface area contributed by atoms with Crippen molar-refractivity contribution in [1.82, 2.24) is 25.5 Å². The van der Waals surface area contributed by atoms with Crippen LogP contribution in [0.4, 0.5) is 10.7 Å². The predicted octanol–water partition coefficient (Wildman–Crippen LogP) is 0.757. The number of amides is 3. The fraction of sp³-hybridized carbons (Fsp3) is 0.647. The minimum absolute atomic E-state index is 0.0421. The topological polar surface area (TPSA) is 90.5 Å². The number of rotatable bonds is 4. The monoisotopic (exact) mass is 346 g/mol. The van der Waals surface area contributed by atoms with Crippen LogP contribution >= 0.6 is 0 Å². The molecule has 0 unspecified atom stereocenters. The van der Waals surface area contributed by atoms with Crippen LogP contribution in [0.5, 0.6) is 0 Å². The largest absolute Gasteiger partial charge is 0.338 e. The highest BCUT2D eigenvalue weighted by Gasteiger charge is 2.23. The Morgan fingerprint density at radius 1 is 1.04 bits per heavy atom.